The van der Waals surface area contributed by atoms with Crippen molar-refractivity contribution < 1.29 is 14.6 Å². The van der Waals surface area contributed by atoms with Crippen LogP contribution in [0.2, 0.25) is 5.02 Å². The van der Waals surface area contributed by atoms with Crippen molar-refractivity contribution in [1.29, 1.82) is 0 Å². The second-order valence-electron chi connectivity index (χ2n) is 6.35. The standard InChI is InChI=1S/C20H22ClNO3/c21-17-11-15-8-9-25-20(15)16(12-17)13-22-18(6-7-19(23)24)10-14-4-2-1-3-5-14/h1-5,11-12,18,22H,6-10,13H2,(H,23,24). The van der Waals surface area contributed by atoms with Crippen LogP contribution >= 0.6 is 11.6 Å². The highest BCUT2D eigenvalue weighted by Gasteiger charge is 2.19. The molecule has 0 saturated carbocycles. The molecule has 2 aromatic rings. The highest BCUT2D eigenvalue weighted by atomic mass is 35.5. The molecule has 2 N–H and O–H groups in total. The van der Waals surface area contributed by atoms with Crippen molar-refractivity contribution in [3.05, 3.63) is 64.2 Å². The minimum atomic E-state index is -0.771. The fourth-order valence-corrected chi connectivity index (χ4v) is 3.47. The highest BCUT2D eigenvalue weighted by molar-refractivity contribution is 6.30. The van der Waals surface area contributed by atoms with E-state index in [1.807, 2.05) is 30.3 Å². The Morgan fingerprint density at radius 3 is 2.84 bits per heavy atom. The molecule has 1 atom stereocenters. The number of carbonyl (C=O) groups is 1. The topological polar surface area (TPSA) is 58.6 Å². The normalized spacial score (nSPS) is 14.0. The zero-order valence-corrected chi connectivity index (χ0v) is 14.8. The van der Waals surface area contributed by atoms with Gasteiger partial charge in [0.05, 0.1) is 6.61 Å². The summed E-state index contributed by atoms with van der Waals surface area (Å²) >= 11 is 6.22. The van der Waals surface area contributed by atoms with E-state index in [0.29, 0.717) is 24.6 Å². The SMILES string of the molecule is O=C(O)CCC(Cc1ccccc1)NCc1cc(Cl)cc2c1OCC2. The number of carboxylic acid groups (broad SMARTS) is 1. The third-order valence-corrected chi connectivity index (χ3v) is 4.66. The first kappa shape index (κ1) is 17.8. The number of ether oxygens (including phenoxy) is 1. The number of halogens is 1. The van der Waals surface area contributed by atoms with Crippen molar-refractivity contribution >= 4 is 17.6 Å². The van der Waals surface area contributed by atoms with Crippen LogP contribution in [0.3, 0.4) is 0 Å². The molecule has 1 unspecified atom stereocenters. The molecule has 5 heteroatoms. The molecule has 4 nitrogen and oxygen atoms in total. The average Bonchev–Trinajstić information content (AvgIpc) is 3.06. The maximum absolute atomic E-state index is 11.0. The van der Waals surface area contributed by atoms with Gasteiger partial charge in [-0.05, 0) is 36.1 Å². The number of benzene rings is 2. The van der Waals surface area contributed by atoms with Gasteiger partial charge in [-0.1, -0.05) is 41.9 Å². The van der Waals surface area contributed by atoms with Crippen LogP contribution in [0.1, 0.15) is 29.5 Å². The van der Waals surface area contributed by atoms with Gasteiger partial charge in [0.15, 0.2) is 0 Å². The van der Waals surface area contributed by atoms with E-state index < -0.39 is 5.97 Å². The molecule has 0 spiro atoms. The number of hydrogen-bond donors (Lipinski definition) is 2. The lowest BCUT2D eigenvalue weighted by Gasteiger charge is -2.19. The summed E-state index contributed by atoms with van der Waals surface area (Å²) in [6.07, 6.45) is 2.40. The Morgan fingerprint density at radius 1 is 1.28 bits per heavy atom. The fraction of sp³-hybridized carbons (Fsp3) is 0.350. The minimum absolute atomic E-state index is 0.0783. The monoisotopic (exact) mass is 359 g/mol. The Morgan fingerprint density at radius 2 is 2.08 bits per heavy atom. The molecule has 0 saturated heterocycles. The zero-order valence-electron chi connectivity index (χ0n) is 14.0. The van der Waals surface area contributed by atoms with E-state index in [4.69, 9.17) is 21.4 Å². The second kappa shape index (κ2) is 8.37. The Hall–Kier alpha value is -2.04. The number of aliphatic carboxylic acids is 1. The molecule has 3 rings (SSSR count). The molecule has 1 heterocycles. The minimum Gasteiger partial charge on any atom is -0.493 e. The second-order valence-corrected chi connectivity index (χ2v) is 6.79. The van der Waals surface area contributed by atoms with Crippen LogP contribution in [-0.4, -0.2) is 23.7 Å². The fourth-order valence-electron chi connectivity index (χ4n) is 3.20. The molecule has 0 fully saturated rings. The van der Waals surface area contributed by atoms with Crippen LogP contribution < -0.4 is 10.1 Å². The Kier molecular flexibility index (Phi) is 5.95. The summed E-state index contributed by atoms with van der Waals surface area (Å²) in [5.74, 6) is 0.153. The summed E-state index contributed by atoms with van der Waals surface area (Å²) in [4.78, 5) is 11.0. The van der Waals surface area contributed by atoms with Gasteiger partial charge in [0, 0.05) is 36.0 Å². The predicted molar refractivity (Wildman–Crippen MR) is 98.3 cm³/mol. The van der Waals surface area contributed by atoms with Gasteiger partial charge in [-0.3, -0.25) is 4.79 Å². The number of rotatable bonds is 8. The van der Waals surface area contributed by atoms with E-state index in [0.717, 1.165) is 29.7 Å². The molecule has 132 valence electrons. The first-order valence-electron chi connectivity index (χ1n) is 8.55. The molecule has 0 amide bonds. The van der Waals surface area contributed by atoms with E-state index >= 15 is 0 Å². The van der Waals surface area contributed by atoms with Gasteiger partial charge in [-0.25, -0.2) is 0 Å². The van der Waals surface area contributed by atoms with Gasteiger partial charge >= 0.3 is 5.97 Å². The van der Waals surface area contributed by atoms with E-state index in [1.54, 1.807) is 0 Å². The summed E-state index contributed by atoms with van der Waals surface area (Å²) < 4.78 is 5.74. The number of nitrogens with one attached hydrogen (secondary N) is 1. The highest BCUT2D eigenvalue weighted by Crippen LogP contribution is 2.32. The lowest BCUT2D eigenvalue weighted by Crippen LogP contribution is -2.31. The summed E-state index contributed by atoms with van der Waals surface area (Å²) in [7, 11) is 0. The Bertz CT molecular complexity index is 733. The maximum atomic E-state index is 11.0. The van der Waals surface area contributed by atoms with Gasteiger partial charge in [0.2, 0.25) is 0 Å². The lowest BCUT2D eigenvalue weighted by atomic mass is 10.0. The van der Waals surface area contributed by atoms with Crippen LogP contribution in [0.25, 0.3) is 0 Å². The van der Waals surface area contributed by atoms with Gasteiger partial charge in [-0.2, -0.15) is 0 Å². The van der Waals surface area contributed by atoms with Crippen molar-refractivity contribution in [2.45, 2.75) is 38.3 Å². The molecule has 0 bridgehead atoms. The predicted octanol–water partition coefficient (Wildman–Crippen LogP) is 3.84. The first-order chi connectivity index (χ1) is 12.1. The Labute approximate surface area is 152 Å². The van der Waals surface area contributed by atoms with Gasteiger partial charge < -0.3 is 15.2 Å². The lowest BCUT2D eigenvalue weighted by molar-refractivity contribution is -0.137. The van der Waals surface area contributed by atoms with Gasteiger partial charge in [-0.15, -0.1) is 0 Å². The van der Waals surface area contributed by atoms with Gasteiger partial charge in [0.1, 0.15) is 5.75 Å². The molecular weight excluding hydrogens is 338 g/mol. The van der Waals surface area contributed by atoms with Crippen LogP contribution in [0, 0.1) is 0 Å². The molecule has 2 aromatic carbocycles. The molecule has 1 aliphatic rings. The van der Waals surface area contributed by atoms with E-state index in [1.165, 1.54) is 5.56 Å². The van der Waals surface area contributed by atoms with Crippen LogP contribution in [0.15, 0.2) is 42.5 Å². The summed E-state index contributed by atoms with van der Waals surface area (Å²) in [5.41, 5.74) is 3.38. The van der Waals surface area contributed by atoms with Gasteiger partial charge in [0.25, 0.3) is 0 Å². The third kappa shape index (κ3) is 4.97. The van der Waals surface area contributed by atoms with Crippen molar-refractivity contribution in [3.63, 3.8) is 0 Å². The molecule has 0 aromatic heterocycles. The number of fused-ring (bicyclic) bond motifs is 1. The number of hydrogen-bond acceptors (Lipinski definition) is 3. The average molecular weight is 360 g/mol. The van der Waals surface area contributed by atoms with E-state index in [-0.39, 0.29) is 12.5 Å². The largest absolute Gasteiger partial charge is 0.493 e. The van der Waals surface area contributed by atoms with Crippen LogP contribution in [0.5, 0.6) is 5.75 Å². The number of carboxylic acids is 1. The first-order valence-corrected chi connectivity index (χ1v) is 8.93. The van der Waals surface area contributed by atoms with E-state index in [9.17, 15) is 4.79 Å². The van der Waals surface area contributed by atoms with E-state index in [2.05, 4.69) is 17.4 Å². The molecule has 0 radical (unpaired) electrons. The molecule has 25 heavy (non-hydrogen) atoms. The molecule has 0 aliphatic carbocycles. The Balaban J connectivity index is 1.69. The van der Waals surface area contributed by atoms with Crippen LogP contribution in [0.4, 0.5) is 0 Å². The summed E-state index contributed by atoms with van der Waals surface area (Å²) in [6.45, 7) is 1.30. The molecule has 1 aliphatic heterocycles. The van der Waals surface area contributed by atoms with Crippen LogP contribution in [-0.2, 0) is 24.2 Å². The molecular formula is C20H22ClNO3. The summed E-state index contributed by atoms with van der Waals surface area (Å²) in [6, 6.07) is 14.1. The quantitative estimate of drug-likeness (QED) is 0.751. The van der Waals surface area contributed by atoms with Crippen molar-refractivity contribution in [3.8, 4) is 5.75 Å². The van der Waals surface area contributed by atoms with Crippen molar-refractivity contribution in [2.75, 3.05) is 6.61 Å². The zero-order chi connectivity index (χ0) is 17.6. The van der Waals surface area contributed by atoms with Crippen molar-refractivity contribution in [2.24, 2.45) is 0 Å². The maximum Gasteiger partial charge on any atom is 0.303 e. The third-order valence-electron chi connectivity index (χ3n) is 4.44. The smallest absolute Gasteiger partial charge is 0.303 e. The summed E-state index contributed by atoms with van der Waals surface area (Å²) in [5, 5.41) is 13.2. The van der Waals surface area contributed by atoms with Crippen molar-refractivity contribution in [1.82, 2.24) is 5.32 Å².